The van der Waals surface area contributed by atoms with Crippen molar-refractivity contribution in [3.63, 3.8) is 0 Å². The van der Waals surface area contributed by atoms with Crippen LogP contribution < -0.4 is 9.62 Å². The SMILES string of the molecule is O=C(O)CC(Cc1ccncc1)NS(=O)(=O)c1cnc(N2CCC(CCCC3CCN(S(=O)(=O)c4cc(Br)c(Cl)s4)CC3)CC2)c(Br)c1. The standard InChI is InChI=1S/C31H38Br2ClN5O6S3/c32-26-19-29(46-30(26)34)48(44,45)39-14-8-22(9-15-39)3-1-2-21-6-12-38(13-7-21)31-27(33)18-25(20-36-31)47(42,43)37-24(17-28(40)41)16-23-4-10-35-11-5-23/h4-5,10-11,18-22,24,37H,1-3,6-9,12-17H2,(H,40,41). The van der Waals surface area contributed by atoms with E-state index in [1.54, 1.807) is 34.9 Å². The molecule has 2 aliphatic heterocycles. The third-order valence-corrected chi connectivity index (χ3v) is 15.9. The summed E-state index contributed by atoms with van der Waals surface area (Å²) in [6.07, 6.45) is 11.4. The summed E-state index contributed by atoms with van der Waals surface area (Å²) >= 11 is 14.0. The molecule has 3 aromatic heterocycles. The van der Waals surface area contributed by atoms with Crippen LogP contribution in [0.25, 0.3) is 0 Å². The fourth-order valence-electron chi connectivity index (χ4n) is 6.40. The van der Waals surface area contributed by atoms with Gasteiger partial charge in [0.1, 0.15) is 19.3 Å². The van der Waals surface area contributed by atoms with Crippen molar-refractivity contribution in [3.05, 3.63) is 61.7 Å². The van der Waals surface area contributed by atoms with Gasteiger partial charge in [0.2, 0.25) is 10.0 Å². The lowest BCUT2D eigenvalue weighted by molar-refractivity contribution is -0.137. The van der Waals surface area contributed by atoms with Crippen molar-refractivity contribution in [2.24, 2.45) is 11.8 Å². The van der Waals surface area contributed by atoms with Crippen LogP contribution in [0.15, 0.2) is 60.9 Å². The molecule has 0 bridgehead atoms. The van der Waals surface area contributed by atoms with E-state index in [0.717, 1.165) is 74.9 Å². The van der Waals surface area contributed by atoms with Crippen molar-refractivity contribution in [2.75, 3.05) is 31.1 Å². The van der Waals surface area contributed by atoms with Gasteiger partial charge < -0.3 is 10.0 Å². The van der Waals surface area contributed by atoms with Crippen molar-refractivity contribution in [2.45, 2.75) is 72.9 Å². The molecule has 3 aromatic rings. The Hall–Kier alpha value is -1.66. The van der Waals surface area contributed by atoms with Gasteiger partial charge in [-0.2, -0.15) is 4.31 Å². The summed E-state index contributed by atoms with van der Waals surface area (Å²) in [5.41, 5.74) is 0.778. The van der Waals surface area contributed by atoms with Crippen molar-refractivity contribution in [1.82, 2.24) is 19.0 Å². The van der Waals surface area contributed by atoms with E-state index in [1.165, 1.54) is 12.3 Å². The summed E-state index contributed by atoms with van der Waals surface area (Å²) in [5.74, 6) is 0.705. The van der Waals surface area contributed by atoms with E-state index in [-0.39, 0.29) is 21.9 Å². The van der Waals surface area contributed by atoms with Crippen LogP contribution in [0.4, 0.5) is 5.82 Å². The number of anilines is 1. The lowest BCUT2D eigenvalue weighted by Gasteiger charge is -2.34. The summed E-state index contributed by atoms with van der Waals surface area (Å²) < 4.78 is 58.5. The Kier molecular flexibility index (Phi) is 13.0. The molecule has 11 nitrogen and oxygen atoms in total. The van der Waals surface area contributed by atoms with Crippen LogP contribution in [0.5, 0.6) is 0 Å². The summed E-state index contributed by atoms with van der Waals surface area (Å²) in [6, 6.07) is 5.72. The molecule has 0 saturated carbocycles. The van der Waals surface area contributed by atoms with E-state index in [4.69, 9.17) is 11.6 Å². The fraction of sp³-hybridized carbons (Fsp3) is 0.516. The first-order valence-electron chi connectivity index (χ1n) is 15.8. The Balaban J connectivity index is 1.07. The third-order valence-electron chi connectivity index (χ3n) is 9.01. The molecule has 17 heteroatoms. The monoisotopic (exact) mass is 865 g/mol. The zero-order valence-corrected chi connectivity index (χ0v) is 32.5. The smallest absolute Gasteiger partial charge is 0.304 e. The molecule has 2 aliphatic rings. The number of aromatic nitrogens is 2. The third kappa shape index (κ3) is 9.77. The molecular weight excluding hydrogens is 830 g/mol. The van der Waals surface area contributed by atoms with Crippen LogP contribution >= 0.6 is 54.8 Å². The minimum absolute atomic E-state index is 0.0365. The van der Waals surface area contributed by atoms with Crippen molar-refractivity contribution in [3.8, 4) is 0 Å². The average Bonchev–Trinajstić information content (AvgIpc) is 3.40. The number of hydrogen-bond donors (Lipinski definition) is 2. The summed E-state index contributed by atoms with van der Waals surface area (Å²) in [7, 11) is -7.54. The van der Waals surface area contributed by atoms with Crippen LogP contribution in [0.3, 0.4) is 0 Å². The van der Waals surface area contributed by atoms with Crippen LogP contribution in [0, 0.1) is 11.8 Å². The van der Waals surface area contributed by atoms with Crippen molar-refractivity contribution < 1.29 is 26.7 Å². The van der Waals surface area contributed by atoms with Crippen molar-refractivity contribution >= 4 is 86.6 Å². The maximum Gasteiger partial charge on any atom is 0.304 e. The van der Waals surface area contributed by atoms with Gasteiger partial charge in [-0.25, -0.2) is 26.5 Å². The Morgan fingerprint density at radius 2 is 1.62 bits per heavy atom. The second kappa shape index (κ2) is 16.6. The average molecular weight is 868 g/mol. The number of carboxylic acids is 1. The summed E-state index contributed by atoms with van der Waals surface area (Å²) in [4.78, 5) is 22.0. The zero-order chi connectivity index (χ0) is 34.5. The van der Waals surface area contributed by atoms with Crippen LogP contribution in [-0.2, 0) is 31.3 Å². The number of aliphatic carboxylic acids is 1. The molecule has 0 aromatic carbocycles. The minimum atomic E-state index is -4.03. The normalized spacial score (nSPS) is 17.9. The molecule has 5 heterocycles. The number of pyridine rings is 2. The molecule has 2 saturated heterocycles. The molecule has 0 amide bonds. The molecule has 2 fully saturated rings. The molecule has 1 unspecified atom stereocenters. The predicted molar refractivity (Wildman–Crippen MR) is 194 cm³/mol. The van der Waals surface area contributed by atoms with Gasteiger partial charge in [0.25, 0.3) is 10.0 Å². The largest absolute Gasteiger partial charge is 0.481 e. The molecule has 0 radical (unpaired) electrons. The lowest BCUT2D eigenvalue weighted by Crippen LogP contribution is -2.38. The van der Waals surface area contributed by atoms with Gasteiger partial charge in [-0.15, -0.1) is 11.3 Å². The summed E-state index contributed by atoms with van der Waals surface area (Å²) in [5, 5.41) is 9.36. The van der Waals surface area contributed by atoms with E-state index in [2.05, 4.69) is 51.4 Å². The van der Waals surface area contributed by atoms with E-state index in [0.29, 0.717) is 44.0 Å². The fourth-order valence-corrected chi connectivity index (χ4v) is 12.3. The number of rotatable bonds is 14. The number of sulfonamides is 2. The first-order chi connectivity index (χ1) is 22.8. The summed E-state index contributed by atoms with van der Waals surface area (Å²) in [6.45, 7) is 2.69. The van der Waals surface area contributed by atoms with Gasteiger partial charge in [-0.3, -0.25) is 9.78 Å². The van der Waals surface area contributed by atoms with Crippen LogP contribution in [0.2, 0.25) is 4.34 Å². The zero-order valence-electron chi connectivity index (χ0n) is 26.1. The van der Waals surface area contributed by atoms with E-state index in [1.807, 2.05) is 0 Å². The Morgan fingerprint density at radius 3 is 2.19 bits per heavy atom. The molecule has 2 N–H and O–H groups in total. The van der Waals surface area contributed by atoms with Crippen LogP contribution in [-0.4, -0.2) is 74.4 Å². The Morgan fingerprint density at radius 1 is 1.00 bits per heavy atom. The lowest BCUT2D eigenvalue weighted by atomic mass is 9.87. The van der Waals surface area contributed by atoms with E-state index in [9.17, 15) is 26.7 Å². The predicted octanol–water partition coefficient (Wildman–Crippen LogP) is 6.57. The molecule has 0 spiro atoms. The van der Waals surface area contributed by atoms with Crippen molar-refractivity contribution in [1.29, 1.82) is 0 Å². The van der Waals surface area contributed by atoms with Gasteiger partial charge in [0.05, 0.1) is 10.9 Å². The van der Waals surface area contributed by atoms with E-state index < -0.39 is 32.1 Å². The second-order valence-corrected chi connectivity index (χ2v) is 19.6. The first kappa shape index (κ1) is 37.6. The molecule has 48 heavy (non-hydrogen) atoms. The van der Waals surface area contributed by atoms with Gasteiger partial charge in [-0.1, -0.05) is 30.9 Å². The number of carbonyl (C=O) groups is 1. The number of piperidine rings is 2. The number of hydrogen-bond acceptors (Lipinski definition) is 9. The topological polar surface area (TPSA) is 150 Å². The number of thiophene rings is 1. The molecular formula is C31H38Br2ClN5O6S3. The molecule has 262 valence electrons. The molecule has 0 aliphatic carbocycles. The number of nitrogens with one attached hydrogen (secondary N) is 1. The highest BCUT2D eigenvalue weighted by molar-refractivity contribution is 9.11. The van der Waals surface area contributed by atoms with Gasteiger partial charge in [-0.05, 0) is 106 Å². The second-order valence-electron chi connectivity index (χ2n) is 12.3. The number of halogens is 3. The highest BCUT2D eigenvalue weighted by Gasteiger charge is 2.32. The van der Waals surface area contributed by atoms with Gasteiger partial charge >= 0.3 is 5.97 Å². The van der Waals surface area contributed by atoms with Gasteiger partial charge in [0, 0.05) is 55.3 Å². The highest BCUT2D eigenvalue weighted by atomic mass is 79.9. The molecule has 1 atom stereocenters. The maximum atomic E-state index is 13.2. The maximum absolute atomic E-state index is 13.2. The van der Waals surface area contributed by atoms with E-state index >= 15 is 0 Å². The first-order valence-corrected chi connectivity index (χ1v) is 21.5. The van der Waals surface area contributed by atoms with Gasteiger partial charge in [0.15, 0.2) is 0 Å². The Bertz CT molecular complexity index is 1760. The Labute approximate surface area is 307 Å². The highest BCUT2D eigenvalue weighted by Crippen LogP contribution is 2.37. The minimum Gasteiger partial charge on any atom is -0.481 e. The number of nitrogens with zero attached hydrogens (tertiary/aromatic N) is 4. The molecule has 5 rings (SSSR count). The quantitative estimate of drug-likeness (QED) is 0.184. The number of carboxylic acid groups (broad SMARTS) is 1. The van der Waals surface area contributed by atoms with Crippen LogP contribution in [0.1, 0.15) is 56.9 Å².